The summed E-state index contributed by atoms with van der Waals surface area (Å²) in [7, 11) is 1.88. The molecule has 0 aromatic rings. The molecule has 0 bridgehead atoms. The lowest BCUT2D eigenvalue weighted by molar-refractivity contribution is 0.0195. The Morgan fingerprint density at radius 3 is 2.71 bits per heavy atom. The maximum Gasteiger partial charge on any atom is 0.193 e. The van der Waals surface area contributed by atoms with Crippen molar-refractivity contribution >= 4 is 29.9 Å². The summed E-state index contributed by atoms with van der Waals surface area (Å²) in [4.78, 5) is 9.42. The number of hydrogen-bond donors (Lipinski definition) is 1. The maximum atomic E-state index is 5.68. The number of halogens is 1. The van der Waals surface area contributed by atoms with Crippen LogP contribution in [0.2, 0.25) is 0 Å². The van der Waals surface area contributed by atoms with Gasteiger partial charge >= 0.3 is 0 Å². The molecule has 0 spiro atoms. The Morgan fingerprint density at radius 1 is 1.21 bits per heavy atom. The Kier molecular flexibility index (Phi) is 9.07. The third-order valence-electron chi connectivity index (χ3n) is 5.04. The first-order valence-electron chi connectivity index (χ1n) is 9.22. The molecule has 2 heterocycles. The molecule has 140 valence electrons. The molecule has 3 fully saturated rings. The second-order valence-electron chi connectivity index (χ2n) is 6.88. The van der Waals surface area contributed by atoms with E-state index in [1.807, 2.05) is 7.05 Å². The number of nitrogens with zero attached hydrogens (tertiary/aromatic N) is 3. The van der Waals surface area contributed by atoms with Crippen LogP contribution in [-0.4, -0.2) is 88.0 Å². The number of aliphatic imine (C=N–C) groups is 1. The molecule has 3 rings (SSSR count). The third kappa shape index (κ3) is 6.31. The minimum Gasteiger partial charge on any atom is -0.381 e. The SMILES string of the molecule is CN=C(NCCCOCC1CC1)N1CCC(N2CCOCC2)C1.I. The van der Waals surface area contributed by atoms with Crippen LogP contribution < -0.4 is 5.32 Å². The van der Waals surface area contributed by atoms with Gasteiger partial charge in [-0.2, -0.15) is 0 Å². The van der Waals surface area contributed by atoms with Crippen LogP contribution in [-0.2, 0) is 9.47 Å². The summed E-state index contributed by atoms with van der Waals surface area (Å²) in [5, 5.41) is 3.49. The van der Waals surface area contributed by atoms with E-state index in [9.17, 15) is 0 Å². The third-order valence-corrected chi connectivity index (χ3v) is 5.04. The highest BCUT2D eigenvalue weighted by Gasteiger charge is 2.30. The lowest BCUT2D eigenvalue weighted by Crippen LogP contribution is -2.46. The zero-order valence-electron chi connectivity index (χ0n) is 14.9. The van der Waals surface area contributed by atoms with Gasteiger partial charge < -0.3 is 19.7 Å². The van der Waals surface area contributed by atoms with Crippen LogP contribution in [0.4, 0.5) is 0 Å². The summed E-state index contributed by atoms with van der Waals surface area (Å²) in [6.07, 6.45) is 5.01. The number of rotatable bonds is 7. The van der Waals surface area contributed by atoms with Crippen LogP contribution in [0.25, 0.3) is 0 Å². The van der Waals surface area contributed by atoms with E-state index in [2.05, 4.69) is 20.1 Å². The first-order chi connectivity index (χ1) is 11.4. The Balaban J connectivity index is 0.00000208. The fourth-order valence-electron chi connectivity index (χ4n) is 3.42. The van der Waals surface area contributed by atoms with Gasteiger partial charge in [0.25, 0.3) is 0 Å². The molecule has 7 heteroatoms. The monoisotopic (exact) mass is 452 g/mol. The highest BCUT2D eigenvalue weighted by Crippen LogP contribution is 2.28. The molecule has 0 radical (unpaired) electrons. The molecular weight excluding hydrogens is 419 g/mol. The minimum atomic E-state index is 0. The number of ether oxygens (including phenoxy) is 2. The molecular formula is C17H33IN4O2. The van der Waals surface area contributed by atoms with Gasteiger partial charge in [-0.3, -0.25) is 9.89 Å². The van der Waals surface area contributed by atoms with E-state index in [1.165, 1.54) is 19.3 Å². The molecule has 0 amide bonds. The number of nitrogens with one attached hydrogen (secondary N) is 1. The lowest BCUT2D eigenvalue weighted by Gasteiger charge is -2.32. The summed E-state index contributed by atoms with van der Waals surface area (Å²) >= 11 is 0. The van der Waals surface area contributed by atoms with Crippen molar-refractivity contribution in [1.29, 1.82) is 0 Å². The van der Waals surface area contributed by atoms with Gasteiger partial charge in [0.2, 0.25) is 0 Å². The van der Waals surface area contributed by atoms with Crippen LogP contribution in [0.3, 0.4) is 0 Å². The van der Waals surface area contributed by atoms with Crippen molar-refractivity contribution in [2.45, 2.75) is 31.7 Å². The van der Waals surface area contributed by atoms with Gasteiger partial charge in [-0.05, 0) is 31.6 Å². The highest BCUT2D eigenvalue weighted by molar-refractivity contribution is 14.0. The van der Waals surface area contributed by atoms with E-state index < -0.39 is 0 Å². The van der Waals surface area contributed by atoms with Crippen molar-refractivity contribution in [3.8, 4) is 0 Å². The van der Waals surface area contributed by atoms with Crippen LogP contribution in [0.5, 0.6) is 0 Å². The first-order valence-corrected chi connectivity index (χ1v) is 9.22. The predicted octanol–water partition coefficient (Wildman–Crippen LogP) is 1.40. The zero-order valence-corrected chi connectivity index (χ0v) is 17.2. The second-order valence-corrected chi connectivity index (χ2v) is 6.88. The molecule has 1 unspecified atom stereocenters. The van der Waals surface area contributed by atoms with Gasteiger partial charge in [-0.15, -0.1) is 24.0 Å². The Hall–Kier alpha value is -0.120. The van der Waals surface area contributed by atoms with E-state index in [4.69, 9.17) is 9.47 Å². The summed E-state index contributed by atoms with van der Waals surface area (Å²) in [6, 6.07) is 0.652. The summed E-state index contributed by atoms with van der Waals surface area (Å²) in [5.41, 5.74) is 0. The maximum absolute atomic E-state index is 5.68. The fraction of sp³-hybridized carbons (Fsp3) is 0.941. The first kappa shape index (κ1) is 20.2. The predicted molar refractivity (Wildman–Crippen MR) is 107 cm³/mol. The molecule has 3 aliphatic rings. The van der Waals surface area contributed by atoms with Gasteiger partial charge in [0, 0.05) is 59.0 Å². The van der Waals surface area contributed by atoms with Crippen molar-refractivity contribution in [3.05, 3.63) is 0 Å². The molecule has 6 nitrogen and oxygen atoms in total. The molecule has 1 atom stereocenters. The van der Waals surface area contributed by atoms with E-state index >= 15 is 0 Å². The molecule has 24 heavy (non-hydrogen) atoms. The molecule has 1 saturated carbocycles. The average molecular weight is 452 g/mol. The van der Waals surface area contributed by atoms with E-state index in [0.29, 0.717) is 6.04 Å². The standard InChI is InChI=1S/C17H32N4O2.HI/c1-18-17(19-6-2-10-23-14-15-3-4-15)21-7-5-16(13-21)20-8-11-22-12-9-20;/h15-16H,2-14H2,1H3,(H,18,19);1H. The van der Waals surface area contributed by atoms with Crippen molar-refractivity contribution < 1.29 is 9.47 Å². The minimum absolute atomic E-state index is 0. The lowest BCUT2D eigenvalue weighted by atomic mass is 10.2. The van der Waals surface area contributed by atoms with Gasteiger partial charge in [-0.1, -0.05) is 0 Å². The Labute approximate surface area is 163 Å². The highest BCUT2D eigenvalue weighted by atomic mass is 127. The van der Waals surface area contributed by atoms with E-state index in [1.54, 1.807) is 0 Å². The summed E-state index contributed by atoms with van der Waals surface area (Å²) in [5.74, 6) is 1.90. The quantitative estimate of drug-likeness (QED) is 0.274. The van der Waals surface area contributed by atoms with Gasteiger partial charge in [0.1, 0.15) is 0 Å². The van der Waals surface area contributed by atoms with Gasteiger partial charge in [-0.25, -0.2) is 0 Å². The summed E-state index contributed by atoms with van der Waals surface area (Å²) < 4.78 is 11.1. The van der Waals surface area contributed by atoms with Crippen molar-refractivity contribution in [3.63, 3.8) is 0 Å². The van der Waals surface area contributed by atoms with E-state index in [-0.39, 0.29) is 24.0 Å². The van der Waals surface area contributed by atoms with Crippen LogP contribution >= 0.6 is 24.0 Å². The smallest absolute Gasteiger partial charge is 0.193 e. The Morgan fingerprint density at radius 2 is 2.00 bits per heavy atom. The van der Waals surface area contributed by atoms with Crippen LogP contribution in [0.1, 0.15) is 25.7 Å². The second kappa shape index (κ2) is 10.8. The van der Waals surface area contributed by atoms with Crippen molar-refractivity contribution in [2.24, 2.45) is 10.9 Å². The number of likely N-dealkylation sites (tertiary alicyclic amines) is 1. The van der Waals surface area contributed by atoms with E-state index in [0.717, 1.165) is 77.4 Å². The molecule has 1 aliphatic carbocycles. The number of hydrogen-bond acceptors (Lipinski definition) is 4. The molecule has 0 aromatic heterocycles. The zero-order chi connectivity index (χ0) is 15.9. The number of morpholine rings is 1. The molecule has 2 saturated heterocycles. The van der Waals surface area contributed by atoms with Gasteiger partial charge in [0.15, 0.2) is 5.96 Å². The Bertz CT molecular complexity index is 387. The molecule has 2 aliphatic heterocycles. The van der Waals surface area contributed by atoms with Gasteiger partial charge in [0.05, 0.1) is 13.2 Å². The largest absolute Gasteiger partial charge is 0.381 e. The van der Waals surface area contributed by atoms with Crippen LogP contribution in [0, 0.1) is 5.92 Å². The molecule has 0 aromatic carbocycles. The molecule has 1 N–H and O–H groups in total. The summed E-state index contributed by atoms with van der Waals surface area (Å²) in [6.45, 7) is 8.84. The topological polar surface area (TPSA) is 49.3 Å². The van der Waals surface area contributed by atoms with Crippen molar-refractivity contribution in [2.75, 3.05) is 66.2 Å². The fourth-order valence-corrected chi connectivity index (χ4v) is 3.42. The normalized spacial score (nSPS) is 25.6. The number of guanidine groups is 1. The average Bonchev–Trinajstić information content (AvgIpc) is 3.29. The van der Waals surface area contributed by atoms with Crippen molar-refractivity contribution in [1.82, 2.24) is 15.1 Å². The van der Waals surface area contributed by atoms with Crippen LogP contribution in [0.15, 0.2) is 4.99 Å².